The Bertz CT molecular complexity index is 1100. The van der Waals surface area contributed by atoms with Crippen molar-refractivity contribution in [2.45, 2.75) is 38.1 Å². The Balaban J connectivity index is 1.65. The molecule has 0 unspecified atom stereocenters. The molecule has 0 radical (unpaired) electrons. The molecule has 2 aromatic carbocycles. The first-order chi connectivity index (χ1) is 14.2. The number of hydrogen-bond acceptors (Lipinski definition) is 4. The first-order valence-corrected chi connectivity index (χ1v) is 12.4. The summed E-state index contributed by atoms with van der Waals surface area (Å²) in [6.45, 7) is 7.54. The minimum atomic E-state index is -3.74. The number of carbonyl (C=O) groups is 1. The number of rotatable bonds is 3. The highest BCUT2D eigenvalue weighted by molar-refractivity contribution is 9.10. The van der Waals surface area contributed by atoms with Crippen molar-refractivity contribution < 1.29 is 13.2 Å². The summed E-state index contributed by atoms with van der Waals surface area (Å²) in [5, 5.41) is 0. The van der Waals surface area contributed by atoms with Crippen molar-refractivity contribution in [3.05, 3.63) is 52.0 Å². The normalized spacial score (nSPS) is 19.8. The van der Waals surface area contributed by atoms with Gasteiger partial charge in [0.1, 0.15) is 4.90 Å². The van der Waals surface area contributed by atoms with E-state index in [1.807, 2.05) is 12.1 Å². The number of amides is 1. The molecule has 0 N–H and O–H groups in total. The van der Waals surface area contributed by atoms with Crippen LogP contribution in [0.3, 0.4) is 0 Å². The smallest absolute Gasteiger partial charge is 0.245 e. The van der Waals surface area contributed by atoms with Gasteiger partial charge in [0.05, 0.1) is 5.69 Å². The third-order valence-electron chi connectivity index (χ3n) is 5.91. The summed E-state index contributed by atoms with van der Waals surface area (Å²) < 4.78 is 29.6. The molecule has 2 aliphatic heterocycles. The molecule has 1 atom stereocenters. The fourth-order valence-electron chi connectivity index (χ4n) is 4.45. The maximum absolute atomic E-state index is 13.7. The molecular weight excluding hydrogens is 466 g/mol. The van der Waals surface area contributed by atoms with Crippen molar-refractivity contribution in [2.75, 3.05) is 36.0 Å². The lowest BCUT2D eigenvalue weighted by molar-refractivity contribution is -0.116. The number of carbonyl (C=O) groups excluding carboxylic acids is 1. The predicted octanol–water partition coefficient (Wildman–Crippen LogP) is 3.57. The molecule has 2 aliphatic rings. The lowest BCUT2D eigenvalue weighted by Gasteiger charge is -2.41. The monoisotopic (exact) mass is 491 g/mol. The second-order valence-electron chi connectivity index (χ2n) is 8.08. The fourth-order valence-corrected chi connectivity index (χ4v) is 6.88. The molecule has 160 valence electrons. The Morgan fingerprint density at radius 1 is 1.13 bits per heavy atom. The van der Waals surface area contributed by atoms with E-state index in [1.165, 1.54) is 12.5 Å². The first kappa shape index (κ1) is 21.3. The Morgan fingerprint density at radius 2 is 1.90 bits per heavy atom. The minimum Gasteiger partial charge on any atom is -0.366 e. The topological polar surface area (TPSA) is 60.9 Å². The highest BCUT2D eigenvalue weighted by Gasteiger charge is 2.37. The van der Waals surface area contributed by atoms with Crippen molar-refractivity contribution in [1.82, 2.24) is 4.31 Å². The molecule has 30 heavy (non-hydrogen) atoms. The maximum Gasteiger partial charge on any atom is 0.245 e. The Hall–Kier alpha value is -1.90. The van der Waals surface area contributed by atoms with E-state index in [0.29, 0.717) is 38.3 Å². The van der Waals surface area contributed by atoms with Crippen LogP contribution in [0, 0.1) is 6.92 Å². The van der Waals surface area contributed by atoms with Gasteiger partial charge >= 0.3 is 0 Å². The molecule has 2 aromatic rings. The van der Waals surface area contributed by atoms with Gasteiger partial charge in [0.25, 0.3) is 0 Å². The van der Waals surface area contributed by atoms with Crippen LogP contribution in [-0.4, -0.2) is 50.9 Å². The van der Waals surface area contributed by atoms with Crippen LogP contribution in [0.25, 0.3) is 0 Å². The largest absolute Gasteiger partial charge is 0.366 e. The van der Waals surface area contributed by atoms with Crippen LogP contribution in [0.2, 0.25) is 0 Å². The van der Waals surface area contributed by atoms with Crippen LogP contribution in [0.4, 0.5) is 11.4 Å². The second kappa shape index (κ2) is 7.98. The summed E-state index contributed by atoms with van der Waals surface area (Å²) in [5.74, 6) is -0.134. The van der Waals surface area contributed by atoms with Crippen LogP contribution >= 0.6 is 15.9 Å². The van der Waals surface area contributed by atoms with E-state index in [1.54, 1.807) is 15.3 Å². The molecule has 2 heterocycles. The zero-order valence-electron chi connectivity index (χ0n) is 17.4. The van der Waals surface area contributed by atoms with Gasteiger partial charge in [-0.15, -0.1) is 0 Å². The zero-order chi connectivity index (χ0) is 21.6. The number of aryl methyl sites for hydroxylation is 1. The molecule has 0 spiro atoms. The van der Waals surface area contributed by atoms with Gasteiger partial charge in [0, 0.05) is 49.3 Å². The molecule has 1 amide bonds. The van der Waals surface area contributed by atoms with Crippen molar-refractivity contribution in [1.29, 1.82) is 0 Å². The Morgan fingerprint density at radius 3 is 2.57 bits per heavy atom. The minimum absolute atomic E-state index is 0.0411. The molecule has 0 bridgehead atoms. The van der Waals surface area contributed by atoms with Gasteiger partial charge < -0.3 is 9.80 Å². The lowest BCUT2D eigenvalue weighted by atomic mass is 10.1. The van der Waals surface area contributed by atoms with Crippen LogP contribution in [0.1, 0.15) is 25.0 Å². The van der Waals surface area contributed by atoms with E-state index in [4.69, 9.17) is 0 Å². The number of halogens is 1. The Kier molecular flexibility index (Phi) is 5.67. The SMILES string of the molecule is CC(=O)N1CCc2cc(Br)cc(S(=O)(=O)N3CCN(c4cccc(C)c4)[C@H](C)C3)c21. The molecule has 0 aromatic heterocycles. The van der Waals surface area contributed by atoms with E-state index in [9.17, 15) is 13.2 Å². The standard InChI is InChI=1S/C22H26BrN3O3S/c1-15-5-4-6-20(11-15)25-10-9-24(14-16(25)2)30(28,29)21-13-19(23)12-18-7-8-26(17(3)27)22(18)21/h4-6,11-13,16H,7-10,14H2,1-3H3/t16-/m1/s1. The van der Waals surface area contributed by atoms with Gasteiger partial charge in [-0.1, -0.05) is 28.1 Å². The summed E-state index contributed by atoms with van der Waals surface area (Å²) in [7, 11) is -3.74. The van der Waals surface area contributed by atoms with E-state index in [-0.39, 0.29) is 16.8 Å². The average molecular weight is 492 g/mol. The van der Waals surface area contributed by atoms with Gasteiger partial charge in [-0.05, 0) is 55.7 Å². The summed E-state index contributed by atoms with van der Waals surface area (Å²) in [6, 6.07) is 11.9. The summed E-state index contributed by atoms with van der Waals surface area (Å²) in [6.07, 6.45) is 0.661. The molecular formula is C22H26BrN3O3S. The maximum atomic E-state index is 13.7. The molecule has 6 nitrogen and oxygen atoms in total. The van der Waals surface area contributed by atoms with Crippen LogP contribution in [-0.2, 0) is 21.2 Å². The second-order valence-corrected chi connectivity index (χ2v) is 10.9. The number of piperazine rings is 1. The number of nitrogens with zero attached hydrogens (tertiary/aromatic N) is 3. The number of fused-ring (bicyclic) bond motifs is 1. The van der Waals surface area contributed by atoms with Gasteiger partial charge in [0.15, 0.2) is 0 Å². The Labute approximate surface area is 186 Å². The summed E-state index contributed by atoms with van der Waals surface area (Å²) in [4.78, 5) is 16.2. The van der Waals surface area contributed by atoms with Crippen molar-refractivity contribution in [3.63, 3.8) is 0 Å². The average Bonchev–Trinajstić information content (AvgIpc) is 3.11. The first-order valence-electron chi connectivity index (χ1n) is 10.1. The lowest BCUT2D eigenvalue weighted by Crippen LogP contribution is -2.53. The van der Waals surface area contributed by atoms with Crippen LogP contribution < -0.4 is 9.80 Å². The van der Waals surface area contributed by atoms with Gasteiger partial charge in [-0.2, -0.15) is 4.31 Å². The van der Waals surface area contributed by atoms with Crippen molar-refractivity contribution in [3.8, 4) is 0 Å². The van der Waals surface area contributed by atoms with Crippen LogP contribution in [0.15, 0.2) is 45.8 Å². The number of anilines is 2. The van der Waals surface area contributed by atoms with E-state index >= 15 is 0 Å². The summed E-state index contributed by atoms with van der Waals surface area (Å²) in [5.41, 5.74) is 3.73. The number of sulfonamides is 1. The van der Waals surface area contributed by atoms with Gasteiger partial charge in [-0.25, -0.2) is 8.42 Å². The third-order valence-corrected chi connectivity index (χ3v) is 8.25. The fraction of sp³-hybridized carbons (Fsp3) is 0.409. The summed E-state index contributed by atoms with van der Waals surface area (Å²) >= 11 is 3.45. The highest BCUT2D eigenvalue weighted by Crippen LogP contribution is 2.39. The molecule has 1 saturated heterocycles. The van der Waals surface area contributed by atoms with Gasteiger partial charge in [-0.3, -0.25) is 4.79 Å². The third kappa shape index (κ3) is 3.76. The quantitative estimate of drug-likeness (QED) is 0.658. The number of hydrogen-bond donors (Lipinski definition) is 0. The van der Waals surface area contributed by atoms with Crippen molar-refractivity contribution in [2.24, 2.45) is 0 Å². The molecule has 1 fully saturated rings. The van der Waals surface area contributed by atoms with E-state index in [2.05, 4.69) is 52.9 Å². The van der Waals surface area contributed by atoms with E-state index in [0.717, 1.165) is 15.7 Å². The van der Waals surface area contributed by atoms with E-state index < -0.39 is 10.0 Å². The molecule has 0 aliphatic carbocycles. The zero-order valence-corrected chi connectivity index (χ0v) is 19.8. The highest BCUT2D eigenvalue weighted by atomic mass is 79.9. The molecule has 8 heteroatoms. The molecule has 0 saturated carbocycles. The molecule has 4 rings (SSSR count). The van der Waals surface area contributed by atoms with Gasteiger partial charge in [0.2, 0.25) is 15.9 Å². The van der Waals surface area contributed by atoms with Crippen molar-refractivity contribution >= 4 is 43.2 Å². The van der Waals surface area contributed by atoms with Crippen LogP contribution in [0.5, 0.6) is 0 Å². The number of benzene rings is 2. The predicted molar refractivity (Wildman–Crippen MR) is 123 cm³/mol.